The quantitative estimate of drug-likeness (QED) is 0.834. The Bertz CT molecular complexity index is 526. The maximum Gasteiger partial charge on any atom is 0.271 e. The van der Waals surface area contributed by atoms with Gasteiger partial charge in [0.25, 0.3) is 5.91 Å². The number of aryl methyl sites for hydroxylation is 3. The first-order valence-electron chi connectivity index (χ1n) is 6.49. The number of rotatable bonds is 5. The number of benzene rings is 1. The van der Waals surface area contributed by atoms with Gasteiger partial charge in [-0.25, -0.2) is 0 Å². The molecule has 4 nitrogen and oxygen atoms in total. The molecule has 1 aromatic carbocycles. The van der Waals surface area contributed by atoms with Gasteiger partial charge >= 0.3 is 0 Å². The maximum atomic E-state index is 11.8. The summed E-state index contributed by atoms with van der Waals surface area (Å²) in [6.07, 6.45) is 1.91. The molecule has 0 bridgehead atoms. The molecular formula is C15H19N3O. The fraction of sp³-hybridized carbons (Fsp3) is 0.333. The van der Waals surface area contributed by atoms with Crippen LogP contribution >= 0.6 is 0 Å². The lowest BCUT2D eigenvalue weighted by atomic mass is 10.1. The van der Waals surface area contributed by atoms with Gasteiger partial charge in [-0.3, -0.25) is 9.48 Å². The van der Waals surface area contributed by atoms with Crippen molar-refractivity contribution in [1.82, 2.24) is 15.1 Å². The molecule has 2 aromatic rings. The van der Waals surface area contributed by atoms with Crippen molar-refractivity contribution in [2.24, 2.45) is 7.05 Å². The summed E-state index contributed by atoms with van der Waals surface area (Å²) in [6.45, 7) is 2.60. The molecule has 0 atom stereocenters. The zero-order valence-electron chi connectivity index (χ0n) is 11.4. The second-order valence-corrected chi connectivity index (χ2v) is 4.64. The predicted octanol–water partition coefficient (Wildman–Crippen LogP) is 2.09. The van der Waals surface area contributed by atoms with Gasteiger partial charge in [-0.1, -0.05) is 30.3 Å². The summed E-state index contributed by atoms with van der Waals surface area (Å²) >= 11 is 0. The van der Waals surface area contributed by atoms with E-state index >= 15 is 0 Å². The van der Waals surface area contributed by atoms with Crippen molar-refractivity contribution < 1.29 is 4.79 Å². The fourth-order valence-electron chi connectivity index (χ4n) is 1.90. The Labute approximate surface area is 113 Å². The SMILES string of the molecule is Cc1cc(C(=O)NCCCc2ccccc2)nn1C. The fourth-order valence-corrected chi connectivity index (χ4v) is 1.90. The van der Waals surface area contributed by atoms with Crippen LogP contribution in [-0.4, -0.2) is 22.2 Å². The van der Waals surface area contributed by atoms with E-state index in [1.54, 1.807) is 10.7 Å². The summed E-state index contributed by atoms with van der Waals surface area (Å²) in [4.78, 5) is 11.8. The highest BCUT2D eigenvalue weighted by Gasteiger charge is 2.09. The lowest BCUT2D eigenvalue weighted by Gasteiger charge is -2.03. The molecule has 0 aliphatic carbocycles. The van der Waals surface area contributed by atoms with E-state index in [9.17, 15) is 4.79 Å². The van der Waals surface area contributed by atoms with Crippen LogP contribution in [0.5, 0.6) is 0 Å². The molecule has 0 aliphatic heterocycles. The number of aromatic nitrogens is 2. The Hall–Kier alpha value is -2.10. The predicted molar refractivity (Wildman–Crippen MR) is 75.0 cm³/mol. The van der Waals surface area contributed by atoms with Crippen molar-refractivity contribution in [2.75, 3.05) is 6.54 Å². The molecule has 0 spiro atoms. The van der Waals surface area contributed by atoms with Crippen LogP contribution in [0.1, 0.15) is 28.2 Å². The Morgan fingerprint density at radius 2 is 2.05 bits per heavy atom. The van der Waals surface area contributed by atoms with Crippen LogP contribution in [-0.2, 0) is 13.5 Å². The largest absolute Gasteiger partial charge is 0.351 e. The number of hydrogen-bond acceptors (Lipinski definition) is 2. The zero-order valence-corrected chi connectivity index (χ0v) is 11.4. The summed E-state index contributed by atoms with van der Waals surface area (Å²) in [7, 11) is 1.83. The lowest BCUT2D eigenvalue weighted by molar-refractivity contribution is 0.0947. The van der Waals surface area contributed by atoms with Gasteiger partial charge in [-0.05, 0) is 31.4 Å². The second kappa shape index (κ2) is 6.18. The highest BCUT2D eigenvalue weighted by molar-refractivity contribution is 5.92. The third-order valence-electron chi connectivity index (χ3n) is 3.12. The van der Waals surface area contributed by atoms with Crippen LogP contribution in [0.15, 0.2) is 36.4 Å². The number of hydrogen-bond donors (Lipinski definition) is 1. The topological polar surface area (TPSA) is 46.9 Å². The second-order valence-electron chi connectivity index (χ2n) is 4.64. The molecule has 1 N–H and O–H groups in total. The summed E-state index contributed by atoms with van der Waals surface area (Å²) in [5.41, 5.74) is 2.76. The van der Waals surface area contributed by atoms with Crippen LogP contribution in [0.25, 0.3) is 0 Å². The smallest absolute Gasteiger partial charge is 0.271 e. The van der Waals surface area contributed by atoms with E-state index in [0.717, 1.165) is 18.5 Å². The van der Waals surface area contributed by atoms with Crippen LogP contribution in [0.2, 0.25) is 0 Å². The van der Waals surface area contributed by atoms with Crippen LogP contribution in [0, 0.1) is 6.92 Å². The third-order valence-corrected chi connectivity index (χ3v) is 3.12. The van der Waals surface area contributed by atoms with Crippen LogP contribution in [0.4, 0.5) is 0 Å². The monoisotopic (exact) mass is 257 g/mol. The molecule has 2 rings (SSSR count). The zero-order chi connectivity index (χ0) is 13.7. The maximum absolute atomic E-state index is 11.8. The normalized spacial score (nSPS) is 10.4. The van der Waals surface area contributed by atoms with Crippen LogP contribution < -0.4 is 5.32 Å². The summed E-state index contributed by atoms with van der Waals surface area (Å²) < 4.78 is 1.71. The molecule has 1 aromatic heterocycles. The van der Waals surface area contributed by atoms with Crippen LogP contribution in [0.3, 0.4) is 0 Å². The number of carbonyl (C=O) groups excluding carboxylic acids is 1. The van der Waals surface area contributed by atoms with Crippen molar-refractivity contribution in [3.05, 3.63) is 53.3 Å². The summed E-state index contributed by atoms with van der Waals surface area (Å²) in [5, 5.41) is 7.05. The molecule has 0 saturated carbocycles. The first-order chi connectivity index (χ1) is 9.16. The van der Waals surface area contributed by atoms with Gasteiger partial charge in [0.15, 0.2) is 0 Å². The highest BCUT2D eigenvalue weighted by atomic mass is 16.1. The standard InChI is InChI=1S/C15H19N3O/c1-12-11-14(17-18(12)2)15(19)16-10-6-9-13-7-4-3-5-8-13/h3-5,7-8,11H,6,9-10H2,1-2H3,(H,16,19). The van der Waals surface area contributed by atoms with Crippen molar-refractivity contribution in [3.63, 3.8) is 0 Å². The number of carbonyl (C=O) groups is 1. The van der Waals surface area contributed by atoms with Gasteiger partial charge < -0.3 is 5.32 Å². The van der Waals surface area contributed by atoms with Crippen molar-refractivity contribution in [3.8, 4) is 0 Å². The van der Waals surface area contributed by atoms with E-state index in [-0.39, 0.29) is 5.91 Å². The van der Waals surface area contributed by atoms with Gasteiger partial charge in [-0.15, -0.1) is 0 Å². The summed E-state index contributed by atoms with van der Waals surface area (Å²) in [5.74, 6) is -0.100. The minimum Gasteiger partial charge on any atom is -0.351 e. The Morgan fingerprint density at radius 3 is 2.68 bits per heavy atom. The molecule has 100 valence electrons. The van der Waals surface area contributed by atoms with E-state index in [4.69, 9.17) is 0 Å². The van der Waals surface area contributed by atoms with Gasteiger partial charge in [0.1, 0.15) is 5.69 Å². The Kier molecular flexibility index (Phi) is 4.34. The lowest BCUT2D eigenvalue weighted by Crippen LogP contribution is -2.25. The molecule has 1 heterocycles. The number of nitrogens with zero attached hydrogens (tertiary/aromatic N) is 2. The molecule has 19 heavy (non-hydrogen) atoms. The average molecular weight is 257 g/mol. The van der Waals surface area contributed by atoms with Gasteiger partial charge in [0.2, 0.25) is 0 Å². The molecule has 0 unspecified atom stereocenters. The molecule has 4 heteroatoms. The third kappa shape index (κ3) is 3.68. The average Bonchev–Trinajstić information content (AvgIpc) is 2.76. The molecular weight excluding hydrogens is 238 g/mol. The number of nitrogens with one attached hydrogen (secondary N) is 1. The van der Waals surface area contributed by atoms with E-state index in [2.05, 4.69) is 22.5 Å². The minimum absolute atomic E-state index is 0.100. The van der Waals surface area contributed by atoms with E-state index in [1.165, 1.54) is 5.56 Å². The summed E-state index contributed by atoms with van der Waals surface area (Å²) in [6, 6.07) is 12.1. The first-order valence-corrected chi connectivity index (χ1v) is 6.49. The minimum atomic E-state index is -0.100. The first kappa shape index (κ1) is 13.3. The van der Waals surface area contributed by atoms with E-state index < -0.39 is 0 Å². The van der Waals surface area contributed by atoms with E-state index in [0.29, 0.717) is 12.2 Å². The molecule has 0 fully saturated rings. The van der Waals surface area contributed by atoms with Crippen molar-refractivity contribution >= 4 is 5.91 Å². The van der Waals surface area contributed by atoms with Crippen molar-refractivity contribution in [1.29, 1.82) is 0 Å². The van der Waals surface area contributed by atoms with E-state index in [1.807, 2.05) is 32.2 Å². The molecule has 0 saturated heterocycles. The van der Waals surface area contributed by atoms with Gasteiger partial charge in [0.05, 0.1) is 0 Å². The Balaban J connectivity index is 1.75. The van der Waals surface area contributed by atoms with Crippen molar-refractivity contribution in [2.45, 2.75) is 19.8 Å². The molecule has 0 aliphatic rings. The molecule has 0 radical (unpaired) electrons. The highest BCUT2D eigenvalue weighted by Crippen LogP contribution is 2.03. The molecule has 1 amide bonds. The van der Waals surface area contributed by atoms with Gasteiger partial charge in [-0.2, -0.15) is 5.10 Å². The van der Waals surface area contributed by atoms with Gasteiger partial charge in [0, 0.05) is 19.3 Å². The Morgan fingerprint density at radius 1 is 1.32 bits per heavy atom. The number of amides is 1.